The van der Waals surface area contributed by atoms with E-state index >= 15 is 0 Å². The van der Waals surface area contributed by atoms with Gasteiger partial charge in [0.05, 0.1) is 21.5 Å². The van der Waals surface area contributed by atoms with Crippen molar-refractivity contribution in [2.75, 3.05) is 31.6 Å². The summed E-state index contributed by atoms with van der Waals surface area (Å²) >= 11 is 8.36. The van der Waals surface area contributed by atoms with Crippen molar-refractivity contribution in [1.29, 1.82) is 0 Å². The fourth-order valence-electron chi connectivity index (χ4n) is 4.70. The zero-order chi connectivity index (χ0) is 23.8. The fourth-order valence-corrected chi connectivity index (χ4v) is 5.70. The molecule has 0 amide bonds. The van der Waals surface area contributed by atoms with Gasteiger partial charge in [-0.1, -0.05) is 35.9 Å². The van der Waals surface area contributed by atoms with Crippen LogP contribution in [0.1, 0.15) is 18.4 Å². The molecule has 0 bridgehead atoms. The third kappa shape index (κ3) is 4.69. The Morgan fingerprint density at radius 2 is 1.86 bits per heavy atom. The minimum absolute atomic E-state index is 0.159. The molecular formula is C27H26ClN3O3S. The van der Waals surface area contributed by atoms with Gasteiger partial charge in [-0.15, -0.1) is 0 Å². The monoisotopic (exact) mass is 507 g/mol. The number of aliphatic hydroxyl groups is 1. The molecule has 0 radical (unpaired) electrons. The number of ether oxygens (including phenoxy) is 2. The second kappa shape index (κ2) is 9.66. The standard InChI is InChI=1S/C27H26ClN3O3S/c28-26-20(18-5-6-23-24(15-18)34-13-12-33-23)2-1-3-22(26)29-27-21-14-17(4-7-25(21)35-30-27)16-31-10-8-19(32)9-11-31/h1-7,14-15,19,32H,8-13,16H2,(H,29,30). The molecule has 35 heavy (non-hydrogen) atoms. The lowest BCUT2D eigenvalue weighted by Crippen LogP contribution is -2.35. The Kier molecular flexibility index (Phi) is 6.24. The summed E-state index contributed by atoms with van der Waals surface area (Å²) in [6.45, 7) is 3.84. The van der Waals surface area contributed by atoms with Gasteiger partial charge < -0.3 is 19.9 Å². The van der Waals surface area contributed by atoms with Gasteiger partial charge >= 0.3 is 0 Å². The first-order valence-electron chi connectivity index (χ1n) is 11.9. The highest BCUT2D eigenvalue weighted by atomic mass is 35.5. The molecule has 0 unspecified atom stereocenters. The first-order valence-corrected chi connectivity index (χ1v) is 13.0. The van der Waals surface area contributed by atoms with Crippen molar-refractivity contribution in [3.05, 3.63) is 65.2 Å². The van der Waals surface area contributed by atoms with Gasteiger partial charge in [0.1, 0.15) is 13.2 Å². The molecule has 180 valence electrons. The number of rotatable bonds is 5. The van der Waals surface area contributed by atoms with E-state index in [2.05, 4.69) is 32.8 Å². The van der Waals surface area contributed by atoms with Gasteiger partial charge in [0.15, 0.2) is 17.3 Å². The van der Waals surface area contributed by atoms with Crippen molar-refractivity contribution in [3.8, 4) is 22.6 Å². The van der Waals surface area contributed by atoms with E-state index in [1.54, 1.807) is 0 Å². The summed E-state index contributed by atoms with van der Waals surface area (Å²) in [6.07, 6.45) is 1.52. The maximum absolute atomic E-state index is 9.79. The van der Waals surface area contributed by atoms with E-state index < -0.39 is 0 Å². The maximum atomic E-state index is 9.79. The Morgan fingerprint density at radius 3 is 2.71 bits per heavy atom. The van der Waals surface area contributed by atoms with Crippen LogP contribution < -0.4 is 14.8 Å². The first-order chi connectivity index (χ1) is 17.1. The van der Waals surface area contributed by atoms with Crippen molar-refractivity contribution in [1.82, 2.24) is 9.27 Å². The number of nitrogens with zero attached hydrogens (tertiary/aromatic N) is 2. The summed E-state index contributed by atoms with van der Waals surface area (Å²) in [5.74, 6) is 2.31. The van der Waals surface area contributed by atoms with E-state index in [-0.39, 0.29) is 6.10 Å². The van der Waals surface area contributed by atoms with E-state index in [0.29, 0.717) is 18.2 Å². The van der Waals surface area contributed by atoms with Crippen molar-refractivity contribution < 1.29 is 14.6 Å². The topological polar surface area (TPSA) is 66.9 Å². The summed E-state index contributed by atoms with van der Waals surface area (Å²) in [4.78, 5) is 2.40. The highest BCUT2D eigenvalue weighted by molar-refractivity contribution is 7.13. The molecule has 8 heteroatoms. The van der Waals surface area contributed by atoms with E-state index in [4.69, 9.17) is 21.1 Å². The van der Waals surface area contributed by atoms with Crippen molar-refractivity contribution in [3.63, 3.8) is 0 Å². The number of nitrogens with one attached hydrogen (secondary N) is 1. The maximum Gasteiger partial charge on any atom is 0.161 e. The highest BCUT2D eigenvalue weighted by Gasteiger charge is 2.19. The molecular weight excluding hydrogens is 482 g/mol. The van der Waals surface area contributed by atoms with Crippen LogP contribution in [0.5, 0.6) is 11.5 Å². The number of likely N-dealkylation sites (tertiary alicyclic amines) is 1. The number of piperidine rings is 1. The van der Waals surface area contributed by atoms with Gasteiger partial charge in [-0.2, -0.15) is 4.37 Å². The van der Waals surface area contributed by atoms with Crippen molar-refractivity contribution >= 4 is 44.7 Å². The van der Waals surface area contributed by atoms with E-state index in [0.717, 1.165) is 76.7 Å². The van der Waals surface area contributed by atoms with Crippen LogP contribution in [-0.4, -0.2) is 46.8 Å². The minimum atomic E-state index is -0.159. The van der Waals surface area contributed by atoms with Crippen LogP contribution in [0.2, 0.25) is 5.02 Å². The Labute approximate surface area is 213 Å². The molecule has 2 aliphatic heterocycles. The number of anilines is 2. The van der Waals surface area contributed by atoms with Crippen LogP contribution in [0, 0.1) is 0 Å². The van der Waals surface area contributed by atoms with Gasteiger partial charge in [-0.3, -0.25) is 4.90 Å². The number of aliphatic hydroxyl groups excluding tert-OH is 1. The average molecular weight is 508 g/mol. The third-order valence-corrected chi connectivity index (χ3v) is 7.84. The van der Waals surface area contributed by atoms with Crippen LogP contribution in [0.3, 0.4) is 0 Å². The van der Waals surface area contributed by atoms with E-state index in [1.807, 2.05) is 36.4 Å². The second-order valence-electron chi connectivity index (χ2n) is 9.02. The largest absolute Gasteiger partial charge is 0.486 e. The lowest BCUT2D eigenvalue weighted by molar-refractivity contribution is 0.0792. The summed E-state index contributed by atoms with van der Waals surface area (Å²) in [6, 6.07) is 18.4. The smallest absolute Gasteiger partial charge is 0.161 e. The number of aromatic nitrogens is 1. The molecule has 2 N–H and O–H groups in total. The van der Waals surface area contributed by atoms with Gasteiger partial charge in [-0.25, -0.2) is 0 Å². The van der Waals surface area contributed by atoms with Gasteiger partial charge in [0.25, 0.3) is 0 Å². The summed E-state index contributed by atoms with van der Waals surface area (Å²) in [5.41, 5.74) is 3.94. The molecule has 0 aliphatic carbocycles. The third-order valence-electron chi connectivity index (χ3n) is 6.60. The highest BCUT2D eigenvalue weighted by Crippen LogP contribution is 2.40. The summed E-state index contributed by atoms with van der Waals surface area (Å²) < 4.78 is 17.2. The Hall–Kier alpha value is -2.84. The lowest BCUT2D eigenvalue weighted by atomic mass is 10.0. The van der Waals surface area contributed by atoms with Crippen LogP contribution in [0.25, 0.3) is 21.2 Å². The van der Waals surface area contributed by atoms with Gasteiger partial charge in [0, 0.05) is 30.6 Å². The number of fused-ring (bicyclic) bond motifs is 2. The van der Waals surface area contributed by atoms with Crippen LogP contribution in [0.15, 0.2) is 54.6 Å². The Bertz CT molecular complexity index is 1370. The van der Waals surface area contributed by atoms with Crippen LogP contribution in [-0.2, 0) is 6.54 Å². The zero-order valence-electron chi connectivity index (χ0n) is 19.2. The number of hydrogen-bond acceptors (Lipinski definition) is 7. The fraction of sp³-hybridized carbons (Fsp3) is 0.296. The van der Waals surface area contributed by atoms with Crippen LogP contribution >= 0.6 is 23.1 Å². The molecule has 0 saturated carbocycles. The SMILES string of the molecule is OC1CCN(Cc2ccc3snc(Nc4cccc(-c5ccc6c(c5)OCCO6)c4Cl)c3c2)CC1. The molecule has 1 saturated heterocycles. The molecule has 3 heterocycles. The molecule has 1 aromatic heterocycles. The second-order valence-corrected chi connectivity index (χ2v) is 10.2. The van der Waals surface area contributed by atoms with Crippen molar-refractivity contribution in [2.24, 2.45) is 0 Å². The first kappa shape index (κ1) is 22.6. The predicted molar refractivity (Wildman–Crippen MR) is 141 cm³/mol. The number of hydrogen-bond donors (Lipinski definition) is 2. The molecule has 4 aromatic rings. The van der Waals surface area contributed by atoms with Crippen LogP contribution in [0.4, 0.5) is 11.5 Å². The van der Waals surface area contributed by atoms with Gasteiger partial charge in [0.2, 0.25) is 0 Å². The Balaban J connectivity index is 1.26. The van der Waals surface area contributed by atoms with Crippen molar-refractivity contribution in [2.45, 2.75) is 25.5 Å². The lowest BCUT2D eigenvalue weighted by Gasteiger charge is -2.29. The number of halogens is 1. The zero-order valence-corrected chi connectivity index (χ0v) is 20.7. The average Bonchev–Trinajstić information content (AvgIpc) is 3.28. The molecule has 0 atom stereocenters. The molecule has 1 fully saturated rings. The molecule has 0 spiro atoms. The Morgan fingerprint density at radius 1 is 1.03 bits per heavy atom. The molecule has 3 aromatic carbocycles. The van der Waals surface area contributed by atoms with E-state index in [9.17, 15) is 5.11 Å². The predicted octanol–water partition coefficient (Wildman–Crippen LogP) is 6.09. The molecule has 2 aliphatic rings. The minimum Gasteiger partial charge on any atom is -0.486 e. The number of benzene rings is 3. The van der Waals surface area contributed by atoms with E-state index in [1.165, 1.54) is 17.1 Å². The molecule has 6 nitrogen and oxygen atoms in total. The molecule has 6 rings (SSSR count). The quantitative estimate of drug-likeness (QED) is 0.341. The van der Waals surface area contributed by atoms with Gasteiger partial charge in [-0.05, 0) is 65.8 Å². The normalized spacial score (nSPS) is 16.5. The summed E-state index contributed by atoms with van der Waals surface area (Å²) in [7, 11) is 0. The summed E-state index contributed by atoms with van der Waals surface area (Å²) in [5, 5.41) is 15.0.